The Bertz CT molecular complexity index is 864. The fourth-order valence-corrected chi connectivity index (χ4v) is 3.82. The Kier molecular flexibility index (Phi) is 4.50. The number of rotatable bonds is 3. The second kappa shape index (κ2) is 6.81. The third-order valence-electron chi connectivity index (χ3n) is 5.48. The molecule has 0 unspecified atom stereocenters. The molecule has 0 aliphatic carbocycles. The normalized spacial score (nSPS) is 22.7. The molecule has 2 aromatic rings. The van der Waals surface area contributed by atoms with Crippen LogP contribution >= 0.6 is 0 Å². The number of fused-ring (bicyclic) bond motifs is 1. The molecule has 4 rings (SSSR count). The third kappa shape index (κ3) is 3.24. The Morgan fingerprint density at radius 1 is 1.31 bits per heavy atom. The highest BCUT2D eigenvalue weighted by Crippen LogP contribution is 2.26. The molecule has 2 saturated heterocycles. The number of aromatic nitrogens is 2. The molecule has 0 bridgehead atoms. The van der Waals surface area contributed by atoms with Gasteiger partial charge < -0.3 is 14.7 Å². The molecule has 7 heteroatoms. The van der Waals surface area contributed by atoms with Crippen molar-refractivity contribution in [1.29, 1.82) is 0 Å². The molecular formula is C19H23N3O4. The highest BCUT2D eigenvalue weighted by molar-refractivity contribution is 5.79. The molecule has 2 aliphatic heterocycles. The maximum atomic E-state index is 12.6. The Labute approximate surface area is 151 Å². The largest absolute Gasteiger partial charge is 0.388 e. The number of carbonyl (C=O) groups is 1. The van der Waals surface area contributed by atoms with E-state index in [1.165, 1.54) is 10.9 Å². The summed E-state index contributed by atoms with van der Waals surface area (Å²) in [6, 6.07) is 7.19. The van der Waals surface area contributed by atoms with Gasteiger partial charge in [-0.3, -0.25) is 14.2 Å². The van der Waals surface area contributed by atoms with Crippen molar-refractivity contribution in [2.45, 2.75) is 31.4 Å². The highest BCUT2D eigenvalue weighted by atomic mass is 16.5. The van der Waals surface area contributed by atoms with Crippen LogP contribution in [0.1, 0.15) is 19.3 Å². The maximum Gasteiger partial charge on any atom is 0.261 e. The maximum absolute atomic E-state index is 12.6. The van der Waals surface area contributed by atoms with Gasteiger partial charge in [-0.05, 0) is 31.4 Å². The monoisotopic (exact) mass is 357 g/mol. The van der Waals surface area contributed by atoms with E-state index in [4.69, 9.17) is 4.74 Å². The van der Waals surface area contributed by atoms with Crippen molar-refractivity contribution in [2.24, 2.45) is 5.92 Å². The molecule has 26 heavy (non-hydrogen) atoms. The lowest BCUT2D eigenvalue weighted by Gasteiger charge is -2.39. The van der Waals surface area contributed by atoms with E-state index in [9.17, 15) is 14.7 Å². The van der Waals surface area contributed by atoms with Crippen LogP contribution in [0.3, 0.4) is 0 Å². The first kappa shape index (κ1) is 17.2. The second-order valence-corrected chi connectivity index (χ2v) is 7.30. The van der Waals surface area contributed by atoms with Crippen molar-refractivity contribution in [3.63, 3.8) is 0 Å². The quantitative estimate of drug-likeness (QED) is 0.878. The SMILES string of the molecule is O=C([C@@H]1CCOC1)N1CCC(O)(Cn2cnc3ccccc3c2=O)CC1. The summed E-state index contributed by atoms with van der Waals surface area (Å²) in [7, 11) is 0. The fraction of sp³-hybridized carbons (Fsp3) is 0.526. The van der Waals surface area contributed by atoms with Gasteiger partial charge in [0, 0.05) is 19.7 Å². The van der Waals surface area contributed by atoms with Gasteiger partial charge in [0.1, 0.15) is 0 Å². The number of ether oxygens (including phenoxy) is 1. The highest BCUT2D eigenvalue weighted by Gasteiger charge is 2.37. The first-order valence-electron chi connectivity index (χ1n) is 9.09. The zero-order valence-corrected chi connectivity index (χ0v) is 14.6. The first-order chi connectivity index (χ1) is 12.6. The standard InChI is InChI=1S/C19H23N3O4/c23-17(14-5-10-26-11-14)21-8-6-19(25,7-9-21)12-22-13-20-16-4-2-1-3-15(16)18(22)24/h1-4,13-14,25H,5-12H2/t14-/m1/s1. The molecule has 1 N–H and O–H groups in total. The van der Waals surface area contributed by atoms with Crippen molar-refractivity contribution in [1.82, 2.24) is 14.5 Å². The lowest BCUT2D eigenvalue weighted by molar-refractivity contribution is -0.140. The van der Waals surface area contributed by atoms with Crippen molar-refractivity contribution in [3.8, 4) is 0 Å². The number of likely N-dealkylation sites (tertiary alicyclic amines) is 1. The summed E-state index contributed by atoms with van der Waals surface area (Å²) in [5.41, 5.74) is -0.498. The molecule has 7 nitrogen and oxygen atoms in total. The van der Waals surface area contributed by atoms with Crippen LogP contribution in [-0.2, 0) is 16.1 Å². The van der Waals surface area contributed by atoms with Gasteiger partial charge in [-0.1, -0.05) is 12.1 Å². The minimum Gasteiger partial charge on any atom is -0.388 e. The number of amides is 1. The molecule has 0 radical (unpaired) electrons. The molecule has 0 saturated carbocycles. The minimum atomic E-state index is -1.00. The van der Waals surface area contributed by atoms with Crippen molar-refractivity contribution in [2.75, 3.05) is 26.3 Å². The lowest BCUT2D eigenvalue weighted by Crippen LogP contribution is -2.51. The van der Waals surface area contributed by atoms with Crippen LogP contribution in [0.25, 0.3) is 10.9 Å². The predicted molar refractivity (Wildman–Crippen MR) is 95.7 cm³/mol. The number of piperidine rings is 1. The lowest BCUT2D eigenvalue weighted by atomic mass is 9.90. The first-order valence-corrected chi connectivity index (χ1v) is 9.09. The summed E-state index contributed by atoms with van der Waals surface area (Å²) >= 11 is 0. The zero-order chi connectivity index (χ0) is 18.1. The van der Waals surface area contributed by atoms with Gasteiger partial charge in [0.2, 0.25) is 5.91 Å². The summed E-state index contributed by atoms with van der Waals surface area (Å²) in [4.78, 5) is 31.2. The molecule has 2 fully saturated rings. The number of nitrogens with zero attached hydrogens (tertiary/aromatic N) is 3. The van der Waals surface area contributed by atoms with Gasteiger partial charge in [0.15, 0.2) is 0 Å². The van der Waals surface area contributed by atoms with Gasteiger partial charge in [0.25, 0.3) is 5.56 Å². The van der Waals surface area contributed by atoms with E-state index in [-0.39, 0.29) is 23.9 Å². The number of benzene rings is 1. The van der Waals surface area contributed by atoms with E-state index in [1.54, 1.807) is 18.2 Å². The van der Waals surface area contributed by atoms with Crippen LogP contribution in [0.5, 0.6) is 0 Å². The summed E-state index contributed by atoms with van der Waals surface area (Å²) < 4.78 is 6.77. The van der Waals surface area contributed by atoms with E-state index < -0.39 is 5.60 Å². The van der Waals surface area contributed by atoms with Gasteiger partial charge in [-0.2, -0.15) is 0 Å². The molecule has 1 aromatic carbocycles. The molecular weight excluding hydrogens is 334 g/mol. The summed E-state index contributed by atoms with van der Waals surface area (Å²) in [5, 5.41) is 11.5. The van der Waals surface area contributed by atoms with Gasteiger partial charge in [0.05, 0.1) is 41.9 Å². The van der Waals surface area contributed by atoms with Crippen LogP contribution in [-0.4, -0.2) is 57.4 Å². The Morgan fingerprint density at radius 3 is 2.81 bits per heavy atom. The number of hydrogen-bond donors (Lipinski definition) is 1. The van der Waals surface area contributed by atoms with Crippen LogP contribution < -0.4 is 5.56 Å². The summed E-state index contributed by atoms with van der Waals surface area (Å²) in [6.45, 7) is 2.34. The smallest absolute Gasteiger partial charge is 0.261 e. The van der Waals surface area contributed by atoms with Gasteiger partial charge in [-0.25, -0.2) is 4.98 Å². The molecule has 1 amide bonds. The van der Waals surface area contributed by atoms with Crippen LogP contribution in [0, 0.1) is 5.92 Å². The van der Waals surface area contributed by atoms with Gasteiger partial charge in [-0.15, -0.1) is 0 Å². The second-order valence-electron chi connectivity index (χ2n) is 7.30. The Hall–Kier alpha value is -2.25. The number of para-hydroxylation sites is 1. The predicted octanol–water partition coefficient (Wildman–Crippen LogP) is 0.786. The molecule has 1 atom stereocenters. The fourth-order valence-electron chi connectivity index (χ4n) is 3.82. The average Bonchev–Trinajstić information content (AvgIpc) is 3.19. The van der Waals surface area contributed by atoms with Crippen molar-refractivity contribution >= 4 is 16.8 Å². The molecule has 1 aromatic heterocycles. The van der Waals surface area contributed by atoms with Crippen molar-refractivity contribution in [3.05, 3.63) is 40.9 Å². The van der Waals surface area contributed by atoms with E-state index in [2.05, 4.69) is 4.98 Å². The minimum absolute atomic E-state index is 0.0477. The zero-order valence-electron chi connectivity index (χ0n) is 14.6. The average molecular weight is 357 g/mol. The number of aliphatic hydroxyl groups is 1. The number of hydrogen-bond acceptors (Lipinski definition) is 5. The van der Waals surface area contributed by atoms with E-state index in [1.807, 2.05) is 11.0 Å². The molecule has 3 heterocycles. The summed E-state index contributed by atoms with van der Waals surface area (Å²) in [6.07, 6.45) is 3.17. The molecule has 138 valence electrons. The summed E-state index contributed by atoms with van der Waals surface area (Å²) in [5.74, 6) is 0.0718. The Balaban J connectivity index is 1.45. The third-order valence-corrected chi connectivity index (χ3v) is 5.48. The van der Waals surface area contributed by atoms with Crippen LogP contribution in [0.2, 0.25) is 0 Å². The molecule has 0 spiro atoms. The molecule has 2 aliphatic rings. The van der Waals surface area contributed by atoms with E-state index in [0.717, 1.165) is 6.42 Å². The Morgan fingerprint density at radius 2 is 2.08 bits per heavy atom. The topological polar surface area (TPSA) is 84.7 Å². The van der Waals surface area contributed by atoms with E-state index in [0.29, 0.717) is 50.0 Å². The van der Waals surface area contributed by atoms with Crippen LogP contribution in [0.4, 0.5) is 0 Å². The van der Waals surface area contributed by atoms with Crippen LogP contribution in [0.15, 0.2) is 35.4 Å². The van der Waals surface area contributed by atoms with Crippen molar-refractivity contribution < 1.29 is 14.6 Å². The van der Waals surface area contributed by atoms with E-state index >= 15 is 0 Å². The van der Waals surface area contributed by atoms with Gasteiger partial charge >= 0.3 is 0 Å². The number of carbonyl (C=O) groups excluding carboxylic acids is 1.